The molecular weight excluding hydrogens is 317 g/mol. The van der Waals surface area contributed by atoms with Crippen LogP contribution in [-0.4, -0.2) is 41.7 Å². The molecule has 1 saturated heterocycles. The molecule has 0 aliphatic carbocycles. The summed E-state index contributed by atoms with van der Waals surface area (Å²) in [5.41, 5.74) is 0. The van der Waals surface area contributed by atoms with Crippen molar-refractivity contribution < 1.29 is 19.0 Å². The molecule has 104 valence electrons. The molecule has 1 heterocycles. The SMILES string of the molecule is O=C(COc1ccc(Br)cc1F)N1CCC[C@@H]1CO. The van der Waals surface area contributed by atoms with Gasteiger partial charge in [-0.1, -0.05) is 15.9 Å². The van der Waals surface area contributed by atoms with Gasteiger partial charge >= 0.3 is 0 Å². The van der Waals surface area contributed by atoms with E-state index in [0.717, 1.165) is 12.8 Å². The van der Waals surface area contributed by atoms with Crippen LogP contribution in [0.4, 0.5) is 4.39 Å². The Morgan fingerprint density at radius 2 is 2.37 bits per heavy atom. The highest BCUT2D eigenvalue weighted by Gasteiger charge is 2.28. The van der Waals surface area contributed by atoms with Gasteiger partial charge in [0, 0.05) is 11.0 Å². The third kappa shape index (κ3) is 3.45. The number of carbonyl (C=O) groups is 1. The molecular formula is C13H15BrFNO3. The van der Waals surface area contributed by atoms with E-state index in [1.807, 2.05) is 0 Å². The minimum atomic E-state index is -0.512. The van der Waals surface area contributed by atoms with E-state index in [1.54, 1.807) is 11.0 Å². The number of ether oxygens (including phenoxy) is 1. The molecule has 1 aliphatic rings. The summed E-state index contributed by atoms with van der Waals surface area (Å²) in [6.45, 7) is 0.365. The molecule has 2 rings (SSSR count). The van der Waals surface area contributed by atoms with E-state index in [4.69, 9.17) is 9.84 Å². The monoisotopic (exact) mass is 331 g/mol. The van der Waals surface area contributed by atoms with Crippen LogP contribution in [0.15, 0.2) is 22.7 Å². The molecule has 1 aromatic carbocycles. The minimum absolute atomic E-state index is 0.0433. The van der Waals surface area contributed by atoms with Crippen LogP contribution >= 0.6 is 15.9 Å². The number of amides is 1. The van der Waals surface area contributed by atoms with Crippen LogP contribution in [0.25, 0.3) is 0 Å². The summed E-state index contributed by atoms with van der Waals surface area (Å²) >= 11 is 3.15. The van der Waals surface area contributed by atoms with Crippen molar-refractivity contribution in [1.82, 2.24) is 4.90 Å². The van der Waals surface area contributed by atoms with Crippen molar-refractivity contribution in [2.75, 3.05) is 19.8 Å². The number of carbonyl (C=O) groups excluding carboxylic acids is 1. The quantitative estimate of drug-likeness (QED) is 0.917. The number of halogens is 2. The number of benzene rings is 1. The maximum Gasteiger partial charge on any atom is 0.260 e. The third-order valence-corrected chi connectivity index (χ3v) is 3.65. The van der Waals surface area contributed by atoms with E-state index >= 15 is 0 Å². The van der Waals surface area contributed by atoms with E-state index in [9.17, 15) is 9.18 Å². The van der Waals surface area contributed by atoms with Gasteiger partial charge in [0.15, 0.2) is 18.2 Å². The van der Waals surface area contributed by atoms with Crippen molar-refractivity contribution in [3.05, 3.63) is 28.5 Å². The third-order valence-electron chi connectivity index (χ3n) is 3.15. The van der Waals surface area contributed by atoms with Crippen molar-refractivity contribution in [3.63, 3.8) is 0 Å². The minimum Gasteiger partial charge on any atom is -0.481 e. The first kappa shape index (κ1) is 14.3. The van der Waals surface area contributed by atoms with E-state index in [1.165, 1.54) is 12.1 Å². The van der Waals surface area contributed by atoms with Crippen LogP contribution in [0.5, 0.6) is 5.75 Å². The number of hydrogen-bond donors (Lipinski definition) is 1. The van der Waals surface area contributed by atoms with Gasteiger partial charge < -0.3 is 14.7 Å². The molecule has 0 spiro atoms. The van der Waals surface area contributed by atoms with Gasteiger partial charge in [-0.2, -0.15) is 0 Å². The van der Waals surface area contributed by atoms with Crippen LogP contribution in [0, 0.1) is 5.82 Å². The number of hydrogen-bond acceptors (Lipinski definition) is 3. The summed E-state index contributed by atoms with van der Waals surface area (Å²) in [6, 6.07) is 4.27. The number of rotatable bonds is 4. The Balaban J connectivity index is 1.93. The van der Waals surface area contributed by atoms with Gasteiger partial charge in [-0.05, 0) is 31.0 Å². The van der Waals surface area contributed by atoms with Crippen molar-refractivity contribution in [1.29, 1.82) is 0 Å². The Bertz CT molecular complexity index is 469. The first-order chi connectivity index (χ1) is 9.11. The van der Waals surface area contributed by atoms with E-state index in [-0.39, 0.29) is 30.9 Å². The molecule has 0 bridgehead atoms. The summed E-state index contributed by atoms with van der Waals surface area (Å²) in [6.07, 6.45) is 1.68. The zero-order valence-electron chi connectivity index (χ0n) is 10.3. The maximum absolute atomic E-state index is 13.5. The normalized spacial score (nSPS) is 18.7. The first-order valence-corrected chi connectivity index (χ1v) is 6.89. The Hall–Kier alpha value is -1.14. The van der Waals surface area contributed by atoms with Crippen LogP contribution in [0.3, 0.4) is 0 Å². The van der Waals surface area contributed by atoms with E-state index in [2.05, 4.69) is 15.9 Å². The Kier molecular flexibility index (Phi) is 4.76. The van der Waals surface area contributed by atoms with Gasteiger partial charge in [0.05, 0.1) is 12.6 Å². The summed E-state index contributed by atoms with van der Waals surface area (Å²) in [5, 5.41) is 9.15. The predicted molar refractivity (Wildman–Crippen MR) is 71.4 cm³/mol. The summed E-state index contributed by atoms with van der Waals surface area (Å²) < 4.78 is 19.3. The highest BCUT2D eigenvalue weighted by molar-refractivity contribution is 9.10. The van der Waals surface area contributed by atoms with Gasteiger partial charge in [0.25, 0.3) is 5.91 Å². The van der Waals surface area contributed by atoms with E-state index < -0.39 is 5.82 Å². The van der Waals surface area contributed by atoms with Crippen LogP contribution in [-0.2, 0) is 4.79 Å². The number of aliphatic hydroxyl groups excluding tert-OH is 1. The second-order valence-electron chi connectivity index (χ2n) is 4.43. The second-order valence-corrected chi connectivity index (χ2v) is 5.34. The fraction of sp³-hybridized carbons (Fsp3) is 0.462. The molecule has 0 unspecified atom stereocenters. The molecule has 1 aromatic rings. The van der Waals surface area contributed by atoms with Crippen molar-refractivity contribution in [2.24, 2.45) is 0 Å². The lowest BCUT2D eigenvalue weighted by atomic mass is 10.2. The highest BCUT2D eigenvalue weighted by atomic mass is 79.9. The fourth-order valence-corrected chi connectivity index (χ4v) is 2.50. The number of likely N-dealkylation sites (tertiary alicyclic amines) is 1. The Morgan fingerprint density at radius 1 is 1.58 bits per heavy atom. The summed E-state index contributed by atoms with van der Waals surface area (Å²) in [4.78, 5) is 13.5. The zero-order chi connectivity index (χ0) is 13.8. The summed E-state index contributed by atoms with van der Waals surface area (Å²) in [5.74, 6) is -0.683. The lowest BCUT2D eigenvalue weighted by molar-refractivity contribution is -0.134. The maximum atomic E-state index is 13.5. The van der Waals surface area contributed by atoms with Gasteiger partial charge in [0.2, 0.25) is 0 Å². The van der Waals surface area contributed by atoms with Gasteiger partial charge in [-0.25, -0.2) is 4.39 Å². The molecule has 6 heteroatoms. The van der Waals surface area contributed by atoms with Crippen molar-refractivity contribution in [3.8, 4) is 5.75 Å². The molecule has 1 amide bonds. The average molecular weight is 332 g/mol. The molecule has 19 heavy (non-hydrogen) atoms. The fourth-order valence-electron chi connectivity index (χ4n) is 2.17. The standard InChI is InChI=1S/C13H15BrFNO3/c14-9-3-4-12(11(15)6-9)19-8-13(18)16-5-1-2-10(16)7-17/h3-4,6,10,17H,1-2,5,7-8H2/t10-/m1/s1. The molecule has 1 N–H and O–H groups in total. The zero-order valence-corrected chi connectivity index (χ0v) is 11.9. The van der Waals surface area contributed by atoms with Crippen LogP contribution < -0.4 is 4.74 Å². The van der Waals surface area contributed by atoms with Gasteiger partial charge in [-0.3, -0.25) is 4.79 Å². The predicted octanol–water partition coefficient (Wildman–Crippen LogP) is 1.95. The smallest absolute Gasteiger partial charge is 0.260 e. The largest absolute Gasteiger partial charge is 0.481 e. The summed E-state index contributed by atoms with van der Waals surface area (Å²) in [7, 11) is 0. The lowest BCUT2D eigenvalue weighted by Crippen LogP contribution is -2.40. The average Bonchev–Trinajstić information content (AvgIpc) is 2.85. The molecule has 0 radical (unpaired) electrons. The van der Waals surface area contributed by atoms with Crippen molar-refractivity contribution >= 4 is 21.8 Å². The molecule has 1 fully saturated rings. The van der Waals surface area contributed by atoms with Crippen molar-refractivity contribution in [2.45, 2.75) is 18.9 Å². The molecule has 4 nitrogen and oxygen atoms in total. The van der Waals surface area contributed by atoms with Crippen LogP contribution in [0.1, 0.15) is 12.8 Å². The molecule has 1 aliphatic heterocycles. The van der Waals surface area contributed by atoms with E-state index in [0.29, 0.717) is 11.0 Å². The molecule has 0 aromatic heterocycles. The Labute approximate surface area is 119 Å². The first-order valence-electron chi connectivity index (χ1n) is 6.10. The van der Waals surface area contributed by atoms with Crippen LogP contribution in [0.2, 0.25) is 0 Å². The lowest BCUT2D eigenvalue weighted by Gasteiger charge is -2.23. The Morgan fingerprint density at radius 3 is 3.05 bits per heavy atom. The topological polar surface area (TPSA) is 49.8 Å². The molecule has 0 saturated carbocycles. The van der Waals surface area contributed by atoms with Gasteiger partial charge in [-0.15, -0.1) is 0 Å². The van der Waals surface area contributed by atoms with Gasteiger partial charge in [0.1, 0.15) is 0 Å². The molecule has 1 atom stereocenters. The second kappa shape index (κ2) is 6.34. The highest BCUT2D eigenvalue weighted by Crippen LogP contribution is 2.22. The number of nitrogens with zero attached hydrogens (tertiary/aromatic N) is 1. The number of aliphatic hydroxyl groups is 1.